The highest BCUT2D eigenvalue weighted by Crippen LogP contribution is 2.42. The number of rotatable bonds is 5. The van der Waals surface area contributed by atoms with E-state index in [-0.39, 0.29) is 36.1 Å². The van der Waals surface area contributed by atoms with Crippen LogP contribution in [0, 0.1) is 0 Å². The molecule has 0 aromatic heterocycles. The van der Waals surface area contributed by atoms with Gasteiger partial charge in [0.15, 0.2) is 23.1 Å². The van der Waals surface area contributed by atoms with Crippen LogP contribution in [0.5, 0.6) is 11.5 Å². The van der Waals surface area contributed by atoms with E-state index >= 15 is 0 Å². The molecule has 0 bridgehead atoms. The van der Waals surface area contributed by atoms with Crippen molar-refractivity contribution >= 4 is 17.5 Å². The normalized spacial score (nSPS) is 21.1. The number of amides is 1. The van der Waals surface area contributed by atoms with Crippen LogP contribution in [0.1, 0.15) is 38.2 Å². The molecule has 0 saturated heterocycles. The molecular formula is C17H21NO5. The number of ether oxygens (including phenoxy) is 1. The number of hydrogen-bond donors (Lipinski definition) is 2. The van der Waals surface area contributed by atoms with Gasteiger partial charge in [-0.3, -0.25) is 14.4 Å². The van der Waals surface area contributed by atoms with Crippen molar-refractivity contribution in [1.82, 2.24) is 5.32 Å². The Morgan fingerprint density at radius 1 is 1.35 bits per heavy atom. The molecule has 1 aliphatic carbocycles. The monoisotopic (exact) mass is 319 g/mol. The summed E-state index contributed by atoms with van der Waals surface area (Å²) in [6.07, 6.45) is 1.38. The number of phenolic OH excluding ortho intramolecular Hbond substituents is 1. The van der Waals surface area contributed by atoms with Crippen molar-refractivity contribution in [3.8, 4) is 11.5 Å². The highest BCUT2D eigenvalue weighted by atomic mass is 16.5. The molecule has 1 unspecified atom stereocenters. The first-order chi connectivity index (χ1) is 10.9. The highest BCUT2D eigenvalue weighted by Gasteiger charge is 2.40. The van der Waals surface area contributed by atoms with Gasteiger partial charge in [0.25, 0.3) is 0 Å². The SMILES string of the molecule is COc1cc(C2(CCNC(C)=O)CCC(=O)C(=O)C2)ccc1O. The zero-order chi connectivity index (χ0) is 17.0. The van der Waals surface area contributed by atoms with Crippen molar-refractivity contribution < 1.29 is 24.2 Å². The molecule has 2 N–H and O–H groups in total. The third kappa shape index (κ3) is 3.70. The van der Waals surface area contributed by atoms with Crippen molar-refractivity contribution in [2.24, 2.45) is 0 Å². The Morgan fingerprint density at radius 3 is 2.70 bits per heavy atom. The number of carbonyl (C=O) groups is 3. The predicted octanol–water partition coefficient (Wildman–Crippen LogP) is 1.49. The molecule has 1 aliphatic rings. The first kappa shape index (κ1) is 17.0. The van der Waals surface area contributed by atoms with Gasteiger partial charge in [0.05, 0.1) is 7.11 Å². The number of aromatic hydroxyl groups is 1. The topological polar surface area (TPSA) is 92.7 Å². The van der Waals surface area contributed by atoms with Crippen LogP contribution >= 0.6 is 0 Å². The second-order valence-corrected chi connectivity index (χ2v) is 5.92. The number of methoxy groups -OCH3 is 1. The standard InChI is InChI=1S/C17H21NO5/c1-11(19)18-8-7-17(6-5-13(20)15(22)10-17)12-3-4-14(21)16(9-12)23-2/h3-4,9,21H,5-8,10H2,1-2H3,(H,18,19). The van der Waals surface area contributed by atoms with Crippen molar-refractivity contribution in [3.63, 3.8) is 0 Å². The molecule has 0 heterocycles. The first-order valence-electron chi connectivity index (χ1n) is 7.56. The lowest BCUT2D eigenvalue weighted by Gasteiger charge is -2.37. The van der Waals surface area contributed by atoms with Gasteiger partial charge in [-0.1, -0.05) is 6.07 Å². The third-order valence-electron chi connectivity index (χ3n) is 4.41. The molecular weight excluding hydrogens is 298 g/mol. The molecule has 1 fully saturated rings. The third-order valence-corrected chi connectivity index (χ3v) is 4.41. The van der Waals surface area contributed by atoms with Crippen LogP contribution in [-0.2, 0) is 19.8 Å². The summed E-state index contributed by atoms with van der Waals surface area (Å²) in [6.45, 7) is 1.85. The largest absolute Gasteiger partial charge is 0.504 e. The molecule has 2 rings (SSSR count). The van der Waals surface area contributed by atoms with Crippen molar-refractivity contribution in [3.05, 3.63) is 23.8 Å². The molecule has 23 heavy (non-hydrogen) atoms. The van der Waals surface area contributed by atoms with Crippen LogP contribution in [-0.4, -0.2) is 36.2 Å². The van der Waals surface area contributed by atoms with Crippen LogP contribution < -0.4 is 10.1 Å². The number of benzene rings is 1. The van der Waals surface area contributed by atoms with E-state index in [0.29, 0.717) is 25.1 Å². The van der Waals surface area contributed by atoms with E-state index in [9.17, 15) is 19.5 Å². The fourth-order valence-corrected chi connectivity index (χ4v) is 3.08. The smallest absolute Gasteiger partial charge is 0.216 e. The molecule has 1 amide bonds. The number of hydrogen-bond acceptors (Lipinski definition) is 5. The maximum Gasteiger partial charge on any atom is 0.216 e. The van der Waals surface area contributed by atoms with Crippen LogP contribution in [0.15, 0.2) is 18.2 Å². The van der Waals surface area contributed by atoms with Crippen molar-refractivity contribution in [2.45, 2.75) is 38.0 Å². The lowest BCUT2D eigenvalue weighted by molar-refractivity contribution is -0.139. The van der Waals surface area contributed by atoms with Gasteiger partial charge in [-0.2, -0.15) is 0 Å². The molecule has 0 spiro atoms. The summed E-state index contributed by atoms with van der Waals surface area (Å²) in [5.41, 5.74) is 0.298. The quantitative estimate of drug-likeness (QED) is 0.802. The average molecular weight is 319 g/mol. The number of nitrogens with one attached hydrogen (secondary N) is 1. The number of ketones is 2. The van der Waals surface area contributed by atoms with E-state index in [4.69, 9.17) is 4.74 Å². The number of phenols is 1. The van der Waals surface area contributed by atoms with Gasteiger partial charge in [-0.05, 0) is 30.5 Å². The fourth-order valence-electron chi connectivity index (χ4n) is 3.08. The first-order valence-corrected chi connectivity index (χ1v) is 7.56. The van der Waals surface area contributed by atoms with Gasteiger partial charge >= 0.3 is 0 Å². The minimum absolute atomic E-state index is 0.0199. The summed E-state index contributed by atoms with van der Waals surface area (Å²) in [7, 11) is 1.46. The summed E-state index contributed by atoms with van der Waals surface area (Å²) in [6, 6.07) is 4.97. The van der Waals surface area contributed by atoms with E-state index in [1.807, 2.05) is 0 Å². The van der Waals surface area contributed by atoms with Gasteiger partial charge in [-0.15, -0.1) is 0 Å². The molecule has 6 nitrogen and oxygen atoms in total. The second kappa shape index (κ2) is 6.81. The molecule has 1 saturated carbocycles. The summed E-state index contributed by atoms with van der Waals surface area (Å²) >= 11 is 0. The Kier molecular flexibility index (Phi) is 5.03. The number of Topliss-reactive ketones (excluding diaryl/α,β-unsaturated/α-hetero) is 2. The molecule has 0 radical (unpaired) electrons. The Balaban J connectivity index is 2.34. The minimum atomic E-state index is -0.533. The zero-order valence-electron chi connectivity index (χ0n) is 13.3. The molecule has 1 atom stereocenters. The zero-order valence-corrected chi connectivity index (χ0v) is 13.3. The van der Waals surface area contributed by atoms with Crippen LogP contribution in [0.25, 0.3) is 0 Å². The fraction of sp³-hybridized carbons (Fsp3) is 0.471. The molecule has 6 heteroatoms. The summed E-state index contributed by atoms with van der Waals surface area (Å²) in [5, 5.41) is 12.5. The lowest BCUT2D eigenvalue weighted by atomic mass is 9.66. The number of carbonyl (C=O) groups excluding carboxylic acids is 3. The Bertz CT molecular complexity index is 640. The molecule has 1 aromatic rings. The molecule has 1 aromatic carbocycles. The maximum atomic E-state index is 12.0. The minimum Gasteiger partial charge on any atom is -0.504 e. The van der Waals surface area contributed by atoms with Gasteiger partial charge in [0.1, 0.15) is 0 Å². The van der Waals surface area contributed by atoms with E-state index in [1.165, 1.54) is 20.1 Å². The maximum absolute atomic E-state index is 12.0. The van der Waals surface area contributed by atoms with E-state index in [1.54, 1.807) is 12.1 Å². The summed E-state index contributed by atoms with van der Waals surface area (Å²) < 4.78 is 5.14. The van der Waals surface area contributed by atoms with Gasteiger partial charge in [-0.25, -0.2) is 0 Å². The summed E-state index contributed by atoms with van der Waals surface area (Å²) in [5.74, 6) is -0.518. The van der Waals surface area contributed by atoms with Crippen molar-refractivity contribution in [1.29, 1.82) is 0 Å². The van der Waals surface area contributed by atoms with Crippen LogP contribution in [0.2, 0.25) is 0 Å². The Labute approximate surface area is 134 Å². The van der Waals surface area contributed by atoms with Gasteiger partial charge < -0.3 is 15.2 Å². The van der Waals surface area contributed by atoms with Crippen molar-refractivity contribution in [2.75, 3.05) is 13.7 Å². The lowest BCUT2D eigenvalue weighted by Crippen LogP contribution is -2.40. The van der Waals surface area contributed by atoms with E-state index in [0.717, 1.165) is 5.56 Å². The van der Waals surface area contributed by atoms with Gasteiger partial charge in [0, 0.05) is 31.7 Å². The summed E-state index contributed by atoms with van der Waals surface area (Å²) in [4.78, 5) is 34.7. The molecule has 0 aliphatic heterocycles. The van der Waals surface area contributed by atoms with Gasteiger partial charge in [0.2, 0.25) is 5.91 Å². The van der Waals surface area contributed by atoms with Crippen LogP contribution in [0.4, 0.5) is 0 Å². The average Bonchev–Trinajstić information content (AvgIpc) is 2.51. The Morgan fingerprint density at radius 2 is 2.09 bits per heavy atom. The Hall–Kier alpha value is -2.37. The van der Waals surface area contributed by atoms with E-state index in [2.05, 4.69) is 5.32 Å². The highest BCUT2D eigenvalue weighted by molar-refractivity contribution is 6.38. The van der Waals surface area contributed by atoms with E-state index < -0.39 is 5.41 Å². The molecule has 124 valence electrons. The predicted molar refractivity (Wildman–Crippen MR) is 83.5 cm³/mol. The second-order valence-electron chi connectivity index (χ2n) is 5.92. The van der Waals surface area contributed by atoms with Crippen LogP contribution in [0.3, 0.4) is 0 Å².